The van der Waals surface area contributed by atoms with Gasteiger partial charge in [-0.15, -0.1) is 11.3 Å². The number of hydrogen-bond acceptors (Lipinski definition) is 2. The first kappa shape index (κ1) is 11.9. The van der Waals surface area contributed by atoms with Crippen molar-refractivity contribution in [3.63, 3.8) is 0 Å². The fourth-order valence-corrected chi connectivity index (χ4v) is 4.09. The van der Waals surface area contributed by atoms with Gasteiger partial charge in [-0.25, -0.2) is 0 Å². The molecule has 3 nitrogen and oxygen atoms in total. The van der Waals surface area contributed by atoms with Crippen molar-refractivity contribution in [2.45, 2.75) is 0 Å². The summed E-state index contributed by atoms with van der Waals surface area (Å²) in [5.74, 6) is 0. The standard InChI is InChI=1S/C15H9BrN2OS/c16-12-8-20-15-11(12)2-4-14(19)18(15)10-1-3-13-9(7-10)5-6-17-13/h1-8,17H. The van der Waals surface area contributed by atoms with Gasteiger partial charge >= 0.3 is 0 Å². The van der Waals surface area contributed by atoms with Crippen LogP contribution in [0.2, 0.25) is 0 Å². The number of fused-ring (bicyclic) bond motifs is 2. The maximum absolute atomic E-state index is 12.3. The molecule has 1 N–H and O–H groups in total. The highest BCUT2D eigenvalue weighted by molar-refractivity contribution is 9.10. The van der Waals surface area contributed by atoms with Crippen molar-refractivity contribution >= 4 is 48.4 Å². The van der Waals surface area contributed by atoms with Crippen molar-refractivity contribution in [2.75, 3.05) is 0 Å². The Morgan fingerprint density at radius 1 is 1.15 bits per heavy atom. The molecule has 4 aromatic rings. The number of H-pyrrole nitrogens is 1. The number of rotatable bonds is 1. The van der Waals surface area contributed by atoms with Gasteiger partial charge in [0.05, 0.1) is 5.69 Å². The maximum Gasteiger partial charge on any atom is 0.256 e. The second-order valence-electron chi connectivity index (χ2n) is 4.56. The van der Waals surface area contributed by atoms with Gasteiger partial charge in [-0.05, 0) is 46.3 Å². The fourth-order valence-electron chi connectivity index (χ4n) is 2.41. The number of benzene rings is 1. The molecule has 20 heavy (non-hydrogen) atoms. The van der Waals surface area contributed by atoms with Crippen molar-refractivity contribution < 1.29 is 0 Å². The number of aromatic amines is 1. The van der Waals surface area contributed by atoms with Crippen LogP contribution in [0.25, 0.3) is 26.8 Å². The molecule has 4 rings (SSSR count). The van der Waals surface area contributed by atoms with Crippen LogP contribution in [0.5, 0.6) is 0 Å². The molecule has 5 heteroatoms. The first-order chi connectivity index (χ1) is 9.74. The van der Waals surface area contributed by atoms with E-state index in [0.29, 0.717) is 0 Å². The number of aromatic nitrogens is 2. The van der Waals surface area contributed by atoms with Crippen molar-refractivity contribution in [3.05, 3.63) is 62.8 Å². The lowest BCUT2D eigenvalue weighted by Gasteiger charge is -2.07. The molecular weight excluding hydrogens is 336 g/mol. The summed E-state index contributed by atoms with van der Waals surface area (Å²) in [6.45, 7) is 0. The number of nitrogens with one attached hydrogen (secondary N) is 1. The van der Waals surface area contributed by atoms with E-state index in [1.165, 1.54) is 0 Å². The van der Waals surface area contributed by atoms with Crippen LogP contribution in [-0.4, -0.2) is 9.55 Å². The summed E-state index contributed by atoms with van der Waals surface area (Å²) in [6.07, 6.45) is 1.90. The number of hydrogen-bond donors (Lipinski definition) is 1. The Kier molecular flexibility index (Phi) is 2.58. The molecule has 0 saturated heterocycles. The van der Waals surface area contributed by atoms with Gasteiger partial charge in [0.15, 0.2) is 0 Å². The third-order valence-electron chi connectivity index (χ3n) is 3.37. The maximum atomic E-state index is 12.3. The summed E-state index contributed by atoms with van der Waals surface area (Å²) < 4.78 is 2.78. The molecule has 0 radical (unpaired) electrons. The molecule has 0 atom stereocenters. The zero-order valence-corrected chi connectivity index (χ0v) is 12.7. The molecule has 0 aliphatic carbocycles. The fraction of sp³-hybridized carbons (Fsp3) is 0. The predicted octanol–water partition coefficient (Wildman–Crippen LogP) is 4.30. The zero-order chi connectivity index (χ0) is 13.7. The summed E-state index contributed by atoms with van der Waals surface area (Å²) in [6, 6.07) is 11.5. The molecule has 0 bridgehead atoms. The molecule has 3 aromatic heterocycles. The van der Waals surface area contributed by atoms with Crippen LogP contribution >= 0.6 is 27.3 Å². The smallest absolute Gasteiger partial charge is 0.256 e. The highest BCUT2D eigenvalue weighted by Crippen LogP contribution is 2.30. The van der Waals surface area contributed by atoms with Crippen LogP contribution in [0.15, 0.2) is 57.2 Å². The Morgan fingerprint density at radius 2 is 2.05 bits per heavy atom. The summed E-state index contributed by atoms with van der Waals surface area (Å²) in [5, 5.41) is 4.17. The van der Waals surface area contributed by atoms with Gasteiger partial charge in [0.2, 0.25) is 0 Å². The summed E-state index contributed by atoms with van der Waals surface area (Å²) in [4.78, 5) is 16.4. The topological polar surface area (TPSA) is 37.8 Å². The lowest BCUT2D eigenvalue weighted by Crippen LogP contribution is -2.16. The largest absolute Gasteiger partial charge is 0.361 e. The van der Waals surface area contributed by atoms with Crippen molar-refractivity contribution in [2.24, 2.45) is 0 Å². The Bertz CT molecular complexity index is 996. The van der Waals surface area contributed by atoms with Crippen molar-refractivity contribution in [3.8, 4) is 5.69 Å². The van der Waals surface area contributed by atoms with Crippen LogP contribution in [0.1, 0.15) is 0 Å². The number of thiophene rings is 1. The minimum Gasteiger partial charge on any atom is -0.361 e. The normalized spacial score (nSPS) is 11.4. The molecular formula is C15H9BrN2OS. The van der Waals surface area contributed by atoms with Gasteiger partial charge in [-0.2, -0.15) is 0 Å². The molecule has 1 aromatic carbocycles. The highest BCUT2D eigenvalue weighted by Gasteiger charge is 2.10. The van der Waals surface area contributed by atoms with Gasteiger partial charge < -0.3 is 4.98 Å². The van der Waals surface area contributed by atoms with Crippen molar-refractivity contribution in [1.29, 1.82) is 0 Å². The molecule has 0 spiro atoms. The molecule has 0 unspecified atom stereocenters. The van der Waals surface area contributed by atoms with Crippen LogP contribution in [0.3, 0.4) is 0 Å². The van der Waals surface area contributed by atoms with E-state index in [1.54, 1.807) is 22.0 Å². The molecule has 0 fully saturated rings. The number of halogens is 1. The van der Waals surface area contributed by atoms with E-state index < -0.39 is 0 Å². The Morgan fingerprint density at radius 3 is 2.95 bits per heavy atom. The number of nitrogens with zero attached hydrogens (tertiary/aromatic N) is 1. The van der Waals surface area contributed by atoms with Gasteiger partial charge in [-0.1, -0.05) is 0 Å². The first-order valence-corrected chi connectivity index (χ1v) is 7.77. The summed E-state index contributed by atoms with van der Waals surface area (Å²) in [5.41, 5.74) is 1.95. The molecule has 0 aliphatic heterocycles. The number of pyridine rings is 1. The second kappa shape index (κ2) is 4.33. The average Bonchev–Trinajstić information content (AvgIpc) is 3.05. The summed E-state index contributed by atoms with van der Waals surface area (Å²) >= 11 is 5.09. The molecule has 0 aliphatic rings. The monoisotopic (exact) mass is 344 g/mol. The Balaban J connectivity index is 2.10. The van der Waals surface area contributed by atoms with E-state index in [-0.39, 0.29) is 5.56 Å². The van der Waals surface area contributed by atoms with Crippen LogP contribution in [0.4, 0.5) is 0 Å². The van der Waals surface area contributed by atoms with Gasteiger partial charge in [0.25, 0.3) is 5.56 Å². The SMILES string of the molecule is O=c1ccc2c(Br)csc2n1-c1ccc2[nH]ccc2c1. The lowest BCUT2D eigenvalue weighted by atomic mass is 10.2. The van der Waals surface area contributed by atoms with Crippen molar-refractivity contribution in [1.82, 2.24) is 9.55 Å². The third-order valence-corrected chi connectivity index (χ3v) is 5.31. The van der Waals surface area contributed by atoms with E-state index in [4.69, 9.17) is 0 Å². The van der Waals surface area contributed by atoms with Gasteiger partial charge in [0.1, 0.15) is 4.83 Å². The molecule has 0 saturated carbocycles. The first-order valence-electron chi connectivity index (χ1n) is 6.10. The summed E-state index contributed by atoms with van der Waals surface area (Å²) in [7, 11) is 0. The van der Waals surface area contributed by atoms with E-state index in [9.17, 15) is 4.79 Å². The molecule has 0 amide bonds. The molecule has 98 valence electrons. The van der Waals surface area contributed by atoms with Gasteiger partial charge in [0, 0.05) is 38.4 Å². The minimum atomic E-state index is -0.0123. The minimum absolute atomic E-state index is 0.0123. The molecule has 3 heterocycles. The van der Waals surface area contributed by atoms with E-state index in [0.717, 1.165) is 31.3 Å². The quantitative estimate of drug-likeness (QED) is 0.549. The van der Waals surface area contributed by atoms with Crippen LogP contribution < -0.4 is 5.56 Å². The van der Waals surface area contributed by atoms with E-state index in [2.05, 4.69) is 20.9 Å². The van der Waals surface area contributed by atoms with Crippen LogP contribution in [0, 0.1) is 0 Å². The Hall–Kier alpha value is -1.85. The van der Waals surface area contributed by atoms with Gasteiger partial charge in [-0.3, -0.25) is 9.36 Å². The zero-order valence-electron chi connectivity index (χ0n) is 10.3. The van der Waals surface area contributed by atoms with E-state index in [1.807, 2.05) is 41.9 Å². The average molecular weight is 345 g/mol. The predicted molar refractivity (Wildman–Crippen MR) is 87.0 cm³/mol. The Labute approximate surface area is 126 Å². The van der Waals surface area contributed by atoms with E-state index >= 15 is 0 Å². The second-order valence-corrected chi connectivity index (χ2v) is 6.27. The highest BCUT2D eigenvalue weighted by atomic mass is 79.9. The third kappa shape index (κ3) is 1.67. The van der Waals surface area contributed by atoms with Crippen LogP contribution in [-0.2, 0) is 0 Å². The lowest BCUT2D eigenvalue weighted by molar-refractivity contribution is 1.06.